The number of nitrogens with zero attached hydrogens (tertiary/aromatic N) is 1. The number of rotatable bonds is 7. The minimum Gasteiger partial charge on any atom is -0.310 e. The fourth-order valence-corrected chi connectivity index (χ4v) is 2.77. The van der Waals surface area contributed by atoms with Gasteiger partial charge in [0.05, 0.1) is 0 Å². The van der Waals surface area contributed by atoms with E-state index >= 15 is 0 Å². The van der Waals surface area contributed by atoms with Crippen LogP contribution in [0.4, 0.5) is 0 Å². The van der Waals surface area contributed by atoms with E-state index in [1.807, 2.05) is 23.7 Å². The molecular weight excluding hydrogens is 240 g/mol. The molecule has 1 atom stereocenters. The molecule has 0 amide bonds. The van der Waals surface area contributed by atoms with Gasteiger partial charge in [-0.25, -0.2) is 0 Å². The molecule has 2 nitrogen and oxygen atoms in total. The summed E-state index contributed by atoms with van der Waals surface area (Å²) in [4.78, 5) is 5.56. The maximum atomic E-state index is 4.09. The Morgan fingerprint density at radius 2 is 2.11 bits per heavy atom. The molecular formula is C15H20N2S. The number of pyridine rings is 1. The highest BCUT2D eigenvalue weighted by molar-refractivity contribution is 7.09. The Kier molecular flexibility index (Phi) is 5.36. The Bertz CT molecular complexity index is 425. The highest BCUT2D eigenvalue weighted by Gasteiger charge is 2.10. The zero-order chi connectivity index (χ0) is 12.6. The van der Waals surface area contributed by atoms with Gasteiger partial charge in [-0.1, -0.05) is 13.0 Å². The van der Waals surface area contributed by atoms with E-state index in [1.165, 1.54) is 16.9 Å². The van der Waals surface area contributed by atoms with Crippen LogP contribution in [-0.4, -0.2) is 11.5 Å². The zero-order valence-electron chi connectivity index (χ0n) is 10.8. The lowest BCUT2D eigenvalue weighted by Gasteiger charge is -2.18. The van der Waals surface area contributed by atoms with Gasteiger partial charge in [0.25, 0.3) is 0 Å². The summed E-state index contributed by atoms with van der Waals surface area (Å²) in [6, 6.07) is 9.01. The second-order valence-electron chi connectivity index (χ2n) is 4.41. The van der Waals surface area contributed by atoms with Crippen molar-refractivity contribution in [3.8, 4) is 0 Å². The maximum absolute atomic E-state index is 4.09. The first-order valence-electron chi connectivity index (χ1n) is 6.56. The van der Waals surface area contributed by atoms with Gasteiger partial charge in [0.2, 0.25) is 0 Å². The average molecular weight is 260 g/mol. The van der Waals surface area contributed by atoms with E-state index in [0.717, 1.165) is 19.4 Å². The molecule has 0 bridgehead atoms. The van der Waals surface area contributed by atoms with Crippen LogP contribution in [0, 0.1) is 0 Å². The van der Waals surface area contributed by atoms with Crippen LogP contribution in [0.1, 0.15) is 36.2 Å². The van der Waals surface area contributed by atoms with Crippen molar-refractivity contribution in [1.29, 1.82) is 0 Å². The Morgan fingerprint density at radius 1 is 1.28 bits per heavy atom. The summed E-state index contributed by atoms with van der Waals surface area (Å²) < 4.78 is 0. The van der Waals surface area contributed by atoms with E-state index in [1.54, 1.807) is 0 Å². The summed E-state index contributed by atoms with van der Waals surface area (Å²) in [7, 11) is 0. The van der Waals surface area contributed by atoms with Crippen molar-refractivity contribution < 1.29 is 0 Å². The summed E-state index contributed by atoms with van der Waals surface area (Å²) in [5, 5.41) is 5.77. The third kappa shape index (κ3) is 3.93. The lowest BCUT2D eigenvalue weighted by atomic mass is 10.0. The molecule has 18 heavy (non-hydrogen) atoms. The molecule has 2 rings (SSSR count). The van der Waals surface area contributed by atoms with Gasteiger partial charge in [-0.2, -0.15) is 0 Å². The van der Waals surface area contributed by atoms with Gasteiger partial charge >= 0.3 is 0 Å². The van der Waals surface area contributed by atoms with Crippen LogP contribution in [0.25, 0.3) is 0 Å². The summed E-state index contributed by atoms with van der Waals surface area (Å²) in [5.41, 5.74) is 1.34. The minimum atomic E-state index is 0.440. The van der Waals surface area contributed by atoms with Gasteiger partial charge in [0, 0.05) is 23.3 Å². The van der Waals surface area contributed by atoms with E-state index in [2.05, 4.69) is 46.9 Å². The first-order valence-corrected chi connectivity index (χ1v) is 7.44. The average Bonchev–Trinajstić information content (AvgIpc) is 2.93. The molecule has 2 aromatic heterocycles. The van der Waals surface area contributed by atoms with Gasteiger partial charge in [0.15, 0.2) is 0 Å². The van der Waals surface area contributed by atoms with E-state index in [0.29, 0.717) is 6.04 Å². The van der Waals surface area contributed by atoms with Crippen LogP contribution in [0.15, 0.2) is 42.0 Å². The molecule has 0 aliphatic rings. The minimum absolute atomic E-state index is 0.440. The third-order valence-electron chi connectivity index (χ3n) is 3.01. The molecule has 0 saturated carbocycles. The van der Waals surface area contributed by atoms with E-state index < -0.39 is 0 Å². The molecule has 2 aromatic rings. The highest BCUT2D eigenvalue weighted by atomic mass is 32.1. The zero-order valence-corrected chi connectivity index (χ0v) is 11.6. The van der Waals surface area contributed by atoms with Crippen LogP contribution < -0.4 is 5.32 Å². The number of aromatic nitrogens is 1. The fraction of sp³-hybridized carbons (Fsp3) is 0.400. The first-order chi connectivity index (χ1) is 8.90. The van der Waals surface area contributed by atoms with E-state index in [9.17, 15) is 0 Å². The smallest absolute Gasteiger partial charge is 0.0324 e. The SMILES string of the molecule is CCCNC(CCc1cccs1)c1ccncc1. The van der Waals surface area contributed by atoms with Crippen LogP contribution in [0.5, 0.6) is 0 Å². The molecule has 2 heterocycles. The van der Waals surface area contributed by atoms with Gasteiger partial charge < -0.3 is 5.32 Å². The van der Waals surface area contributed by atoms with Crippen molar-refractivity contribution >= 4 is 11.3 Å². The molecule has 0 aliphatic carbocycles. The van der Waals surface area contributed by atoms with Crippen LogP contribution in [0.3, 0.4) is 0 Å². The lowest BCUT2D eigenvalue weighted by molar-refractivity contribution is 0.500. The van der Waals surface area contributed by atoms with Gasteiger partial charge in [-0.3, -0.25) is 4.98 Å². The Hall–Kier alpha value is -1.19. The number of aryl methyl sites for hydroxylation is 1. The van der Waals surface area contributed by atoms with Crippen LogP contribution >= 0.6 is 11.3 Å². The Labute approximate surface area is 113 Å². The van der Waals surface area contributed by atoms with E-state index in [-0.39, 0.29) is 0 Å². The Balaban J connectivity index is 1.96. The molecule has 0 fully saturated rings. The molecule has 1 N–H and O–H groups in total. The summed E-state index contributed by atoms with van der Waals surface area (Å²) >= 11 is 1.84. The van der Waals surface area contributed by atoms with Crippen molar-refractivity contribution in [3.05, 3.63) is 52.5 Å². The molecule has 96 valence electrons. The summed E-state index contributed by atoms with van der Waals surface area (Å²) in [6.07, 6.45) is 7.20. The third-order valence-corrected chi connectivity index (χ3v) is 3.94. The van der Waals surface area contributed by atoms with Crippen molar-refractivity contribution in [2.45, 2.75) is 32.2 Å². The summed E-state index contributed by atoms with van der Waals surface area (Å²) in [6.45, 7) is 3.27. The predicted octanol–water partition coefficient (Wildman–Crippen LogP) is 3.82. The number of thiophene rings is 1. The van der Waals surface area contributed by atoms with Gasteiger partial charge in [-0.05, 0) is 54.9 Å². The fourth-order valence-electron chi connectivity index (χ4n) is 2.04. The van der Waals surface area contributed by atoms with Crippen LogP contribution in [0.2, 0.25) is 0 Å². The molecule has 3 heteroatoms. The molecule has 0 spiro atoms. The lowest BCUT2D eigenvalue weighted by Crippen LogP contribution is -2.22. The largest absolute Gasteiger partial charge is 0.310 e. The van der Waals surface area contributed by atoms with Crippen molar-refractivity contribution in [2.75, 3.05) is 6.54 Å². The second kappa shape index (κ2) is 7.29. The van der Waals surface area contributed by atoms with Gasteiger partial charge in [-0.15, -0.1) is 11.3 Å². The number of hydrogen-bond acceptors (Lipinski definition) is 3. The first kappa shape index (κ1) is 13.2. The van der Waals surface area contributed by atoms with Crippen molar-refractivity contribution in [2.24, 2.45) is 0 Å². The number of nitrogens with one attached hydrogen (secondary N) is 1. The normalized spacial score (nSPS) is 12.5. The monoisotopic (exact) mass is 260 g/mol. The van der Waals surface area contributed by atoms with Crippen molar-refractivity contribution in [1.82, 2.24) is 10.3 Å². The van der Waals surface area contributed by atoms with E-state index in [4.69, 9.17) is 0 Å². The molecule has 0 saturated heterocycles. The maximum Gasteiger partial charge on any atom is 0.0324 e. The Morgan fingerprint density at radius 3 is 2.78 bits per heavy atom. The molecule has 1 unspecified atom stereocenters. The summed E-state index contributed by atoms with van der Waals surface area (Å²) in [5.74, 6) is 0. The number of hydrogen-bond donors (Lipinski definition) is 1. The molecule has 0 aliphatic heterocycles. The second-order valence-corrected chi connectivity index (χ2v) is 5.44. The van der Waals surface area contributed by atoms with Crippen molar-refractivity contribution in [3.63, 3.8) is 0 Å². The quantitative estimate of drug-likeness (QED) is 0.818. The van der Waals surface area contributed by atoms with Crippen LogP contribution in [-0.2, 0) is 6.42 Å². The molecule has 0 aromatic carbocycles. The topological polar surface area (TPSA) is 24.9 Å². The predicted molar refractivity (Wildman–Crippen MR) is 77.9 cm³/mol. The highest BCUT2D eigenvalue weighted by Crippen LogP contribution is 2.20. The molecule has 0 radical (unpaired) electrons. The standard InChI is InChI=1S/C15H20N2S/c1-2-9-17-15(13-7-10-16-11-8-13)6-5-14-4-3-12-18-14/h3-4,7-8,10-12,15,17H,2,5-6,9H2,1H3. The van der Waals surface area contributed by atoms with Gasteiger partial charge in [0.1, 0.15) is 0 Å².